The Morgan fingerprint density at radius 1 is 1.17 bits per heavy atom. The summed E-state index contributed by atoms with van der Waals surface area (Å²) in [5, 5.41) is 17.7. The molecule has 0 aliphatic heterocycles. The van der Waals surface area contributed by atoms with Gasteiger partial charge in [0.2, 0.25) is 0 Å². The SMILES string of the molecule is CCNC(=NCc1oc2ccc(F)cc2c1C)NCC(C)(O)c1ccc(C)o1.I. The summed E-state index contributed by atoms with van der Waals surface area (Å²) in [5.41, 5.74) is 0.322. The lowest BCUT2D eigenvalue weighted by Crippen LogP contribution is -2.44. The lowest BCUT2D eigenvalue weighted by Gasteiger charge is -2.22. The molecule has 2 heterocycles. The van der Waals surface area contributed by atoms with Gasteiger partial charge in [0.25, 0.3) is 0 Å². The van der Waals surface area contributed by atoms with Crippen LogP contribution >= 0.6 is 24.0 Å². The van der Waals surface area contributed by atoms with Crippen LogP contribution in [0.1, 0.15) is 36.7 Å². The number of benzene rings is 1. The zero-order chi connectivity index (χ0) is 20.3. The molecule has 0 aliphatic rings. The quantitative estimate of drug-likeness (QED) is 0.258. The Labute approximate surface area is 186 Å². The lowest BCUT2D eigenvalue weighted by atomic mass is 10.0. The van der Waals surface area contributed by atoms with Crippen molar-refractivity contribution in [1.82, 2.24) is 10.6 Å². The summed E-state index contributed by atoms with van der Waals surface area (Å²) in [6.07, 6.45) is 0. The van der Waals surface area contributed by atoms with Crippen LogP contribution in [0.5, 0.6) is 0 Å². The predicted molar refractivity (Wildman–Crippen MR) is 122 cm³/mol. The van der Waals surface area contributed by atoms with E-state index in [1.54, 1.807) is 19.1 Å². The maximum Gasteiger partial charge on any atom is 0.191 e. The number of aliphatic imine (C=N–C) groups is 1. The normalized spacial score (nSPS) is 13.8. The average molecular weight is 515 g/mol. The number of aliphatic hydroxyl groups is 1. The van der Waals surface area contributed by atoms with Gasteiger partial charge in [0.1, 0.15) is 40.8 Å². The van der Waals surface area contributed by atoms with E-state index in [-0.39, 0.29) is 36.3 Å². The van der Waals surface area contributed by atoms with Gasteiger partial charge in [-0.3, -0.25) is 0 Å². The van der Waals surface area contributed by atoms with Gasteiger partial charge in [-0.1, -0.05) is 0 Å². The molecule has 3 aromatic rings. The van der Waals surface area contributed by atoms with Gasteiger partial charge < -0.3 is 24.6 Å². The molecule has 6 nitrogen and oxygen atoms in total. The fraction of sp³-hybridized carbons (Fsp3) is 0.381. The first-order valence-electron chi connectivity index (χ1n) is 9.29. The van der Waals surface area contributed by atoms with Crippen molar-refractivity contribution in [2.45, 2.75) is 39.8 Å². The molecule has 0 spiro atoms. The van der Waals surface area contributed by atoms with Crippen molar-refractivity contribution in [3.05, 3.63) is 59.0 Å². The van der Waals surface area contributed by atoms with Crippen LogP contribution in [0.2, 0.25) is 0 Å². The minimum absolute atomic E-state index is 0. The number of halogens is 2. The van der Waals surface area contributed by atoms with Crippen LogP contribution in [-0.2, 0) is 12.1 Å². The molecule has 158 valence electrons. The van der Waals surface area contributed by atoms with Crippen molar-refractivity contribution < 1.29 is 18.3 Å². The molecule has 3 N–H and O–H groups in total. The van der Waals surface area contributed by atoms with Gasteiger partial charge in [0.05, 0.1) is 6.54 Å². The fourth-order valence-corrected chi connectivity index (χ4v) is 2.95. The number of hydrogen-bond donors (Lipinski definition) is 3. The minimum Gasteiger partial charge on any atom is -0.463 e. The van der Waals surface area contributed by atoms with E-state index < -0.39 is 5.60 Å². The van der Waals surface area contributed by atoms with E-state index in [1.807, 2.05) is 26.8 Å². The van der Waals surface area contributed by atoms with Crippen LogP contribution in [0.15, 0.2) is 44.2 Å². The third kappa shape index (κ3) is 5.51. The summed E-state index contributed by atoms with van der Waals surface area (Å²) in [6.45, 7) is 8.54. The molecule has 1 aromatic carbocycles. The summed E-state index contributed by atoms with van der Waals surface area (Å²) in [4.78, 5) is 4.53. The topological polar surface area (TPSA) is 82.9 Å². The first-order chi connectivity index (χ1) is 13.3. The third-order valence-electron chi connectivity index (χ3n) is 4.59. The molecule has 3 rings (SSSR count). The van der Waals surface area contributed by atoms with E-state index >= 15 is 0 Å². The summed E-state index contributed by atoms with van der Waals surface area (Å²) in [6, 6.07) is 8.04. The molecule has 0 saturated carbocycles. The van der Waals surface area contributed by atoms with Gasteiger partial charge in [-0.05, 0) is 58.0 Å². The molecule has 2 aromatic heterocycles. The first kappa shape index (κ1) is 23.2. The number of hydrogen-bond acceptors (Lipinski definition) is 4. The van der Waals surface area contributed by atoms with Gasteiger partial charge >= 0.3 is 0 Å². The summed E-state index contributed by atoms with van der Waals surface area (Å²) in [5.74, 6) is 2.15. The van der Waals surface area contributed by atoms with Crippen molar-refractivity contribution in [2.24, 2.45) is 4.99 Å². The molecule has 8 heteroatoms. The number of nitrogens with one attached hydrogen (secondary N) is 2. The van der Waals surface area contributed by atoms with E-state index in [2.05, 4.69) is 15.6 Å². The van der Waals surface area contributed by atoms with Crippen LogP contribution < -0.4 is 10.6 Å². The van der Waals surface area contributed by atoms with Gasteiger partial charge in [-0.2, -0.15) is 0 Å². The molecule has 1 unspecified atom stereocenters. The van der Waals surface area contributed by atoms with Crippen LogP contribution in [0.3, 0.4) is 0 Å². The number of aryl methyl sites for hydroxylation is 2. The molecule has 0 aliphatic carbocycles. The molecular formula is C21H27FIN3O3. The molecule has 0 bridgehead atoms. The highest BCUT2D eigenvalue weighted by molar-refractivity contribution is 14.0. The van der Waals surface area contributed by atoms with Gasteiger partial charge in [0, 0.05) is 17.5 Å². The maximum absolute atomic E-state index is 13.5. The van der Waals surface area contributed by atoms with E-state index in [0.29, 0.717) is 36.2 Å². The Balaban J connectivity index is 0.00000300. The van der Waals surface area contributed by atoms with E-state index in [0.717, 1.165) is 16.7 Å². The van der Waals surface area contributed by atoms with Crippen molar-refractivity contribution in [2.75, 3.05) is 13.1 Å². The standard InChI is InChI=1S/C21H26FN3O3.HI/c1-5-23-20(25-12-21(4,26)19-9-6-13(2)27-19)24-11-18-14(3)16-10-15(22)7-8-17(16)28-18;/h6-10,26H,5,11-12H2,1-4H3,(H2,23,24,25);1H. The van der Waals surface area contributed by atoms with Crippen LogP contribution in [-0.4, -0.2) is 24.2 Å². The Kier molecular flexibility index (Phi) is 7.70. The molecule has 1 atom stereocenters. The van der Waals surface area contributed by atoms with E-state index in [4.69, 9.17) is 8.83 Å². The van der Waals surface area contributed by atoms with Gasteiger partial charge in [-0.25, -0.2) is 9.38 Å². The van der Waals surface area contributed by atoms with Gasteiger partial charge in [0.15, 0.2) is 5.96 Å². The Hall–Kier alpha value is -2.07. The highest BCUT2D eigenvalue weighted by Crippen LogP contribution is 2.26. The summed E-state index contributed by atoms with van der Waals surface area (Å²) >= 11 is 0. The molecule has 0 fully saturated rings. The monoisotopic (exact) mass is 515 g/mol. The van der Waals surface area contributed by atoms with Crippen molar-refractivity contribution in [3.63, 3.8) is 0 Å². The zero-order valence-electron chi connectivity index (χ0n) is 17.0. The lowest BCUT2D eigenvalue weighted by molar-refractivity contribution is 0.0378. The molecule has 0 saturated heterocycles. The molecule has 0 radical (unpaired) electrons. The van der Waals surface area contributed by atoms with E-state index in [1.165, 1.54) is 12.1 Å². The third-order valence-corrected chi connectivity index (χ3v) is 4.59. The van der Waals surface area contributed by atoms with Crippen LogP contribution in [0, 0.1) is 19.7 Å². The Morgan fingerprint density at radius 2 is 1.93 bits per heavy atom. The Morgan fingerprint density at radius 3 is 2.59 bits per heavy atom. The highest BCUT2D eigenvalue weighted by atomic mass is 127. The first-order valence-corrected chi connectivity index (χ1v) is 9.29. The molecule has 0 amide bonds. The number of guanidine groups is 1. The number of furan rings is 2. The van der Waals surface area contributed by atoms with Gasteiger partial charge in [-0.15, -0.1) is 24.0 Å². The predicted octanol–water partition coefficient (Wildman–Crippen LogP) is 4.36. The van der Waals surface area contributed by atoms with Crippen LogP contribution in [0.25, 0.3) is 11.0 Å². The zero-order valence-corrected chi connectivity index (χ0v) is 19.3. The number of rotatable bonds is 6. The van der Waals surface area contributed by atoms with Crippen LogP contribution in [0.4, 0.5) is 4.39 Å². The summed E-state index contributed by atoms with van der Waals surface area (Å²) < 4.78 is 24.8. The largest absolute Gasteiger partial charge is 0.463 e. The number of nitrogens with zero attached hydrogens (tertiary/aromatic N) is 1. The number of fused-ring (bicyclic) bond motifs is 1. The van der Waals surface area contributed by atoms with Crippen molar-refractivity contribution >= 4 is 40.9 Å². The maximum atomic E-state index is 13.5. The minimum atomic E-state index is -1.18. The molecule has 29 heavy (non-hydrogen) atoms. The second-order valence-electron chi connectivity index (χ2n) is 7.02. The van der Waals surface area contributed by atoms with Crippen molar-refractivity contribution in [1.29, 1.82) is 0 Å². The average Bonchev–Trinajstić information content (AvgIpc) is 3.22. The van der Waals surface area contributed by atoms with E-state index in [9.17, 15) is 9.50 Å². The fourth-order valence-electron chi connectivity index (χ4n) is 2.95. The van der Waals surface area contributed by atoms with Crippen molar-refractivity contribution in [3.8, 4) is 0 Å². The highest BCUT2D eigenvalue weighted by Gasteiger charge is 2.27. The molecular weight excluding hydrogens is 488 g/mol. The second-order valence-corrected chi connectivity index (χ2v) is 7.02. The smallest absolute Gasteiger partial charge is 0.191 e. The summed E-state index contributed by atoms with van der Waals surface area (Å²) in [7, 11) is 0. The Bertz CT molecular complexity index is 994. The second kappa shape index (κ2) is 9.62.